The Morgan fingerprint density at radius 3 is 2.27 bits per heavy atom. The quantitative estimate of drug-likeness (QED) is 0.250. The lowest BCUT2D eigenvalue weighted by atomic mass is 10.0. The molecule has 15 heteroatoms. The number of hydrogen-bond donors (Lipinski definition) is 2. The Morgan fingerprint density at radius 1 is 0.955 bits per heavy atom. The van der Waals surface area contributed by atoms with Gasteiger partial charge in [-0.3, -0.25) is 4.72 Å². The molecule has 4 aromatic rings. The van der Waals surface area contributed by atoms with E-state index in [1.165, 1.54) is 49.6 Å². The Kier molecular flexibility index (Phi) is 8.57. The number of alkyl halides is 3. The second-order valence-electron chi connectivity index (χ2n) is 9.70. The van der Waals surface area contributed by atoms with Crippen molar-refractivity contribution in [3.63, 3.8) is 0 Å². The second kappa shape index (κ2) is 12.2. The Balaban J connectivity index is 1.36. The van der Waals surface area contributed by atoms with Gasteiger partial charge >= 0.3 is 12.1 Å². The van der Waals surface area contributed by atoms with E-state index in [4.69, 9.17) is 21.4 Å². The summed E-state index contributed by atoms with van der Waals surface area (Å²) in [7, 11) is -3.01. The number of methoxy groups -OCH3 is 1. The molecule has 0 atom stereocenters. The average Bonchev–Trinajstić information content (AvgIpc) is 3.01. The maximum Gasteiger partial charge on any atom is 0.418 e. The number of sulfonamides is 1. The van der Waals surface area contributed by atoms with E-state index in [1.54, 1.807) is 18.2 Å². The van der Waals surface area contributed by atoms with Crippen LogP contribution in [0.1, 0.15) is 15.9 Å². The monoisotopic (exact) mass is 647 g/mol. The number of benzene rings is 2. The van der Waals surface area contributed by atoms with Crippen LogP contribution in [0.2, 0.25) is 5.02 Å². The first-order valence-corrected chi connectivity index (χ1v) is 15.0. The highest BCUT2D eigenvalue weighted by molar-refractivity contribution is 7.92. The largest absolute Gasteiger partial charge is 0.497 e. The van der Waals surface area contributed by atoms with E-state index in [1.807, 2.05) is 4.90 Å². The number of aromatic carboxylic acids is 1. The Labute approximate surface area is 255 Å². The van der Waals surface area contributed by atoms with Gasteiger partial charge in [0.2, 0.25) is 0 Å². The van der Waals surface area contributed by atoms with Gasteiger partial charge in [0.05, 0.1) is 29.0 Å². The molecule has 0 spiro atoms. The van der Waals surface area contributed by atoms with Crippen molar-refractivity contribution in [1.29, 1.82) is 0 Å². The van der Waals surface area contributed by atoms with Crippen molar-refractivity contribution in [2.75, 3.05) is 47.8 Å². The van der Waals surface area contributed by atoms with Gasteiger partial charge in [0, 0.05) is 37.4 Å². The van der Waals surface area contributed by atoms with E-state index in [2.05, 4.69) is 19.6 Å². The third-order valence-electron chi connectivity index (χ3n) is 6.94. The van der Waals surface area contributed by atoms with E-state index in [0.717, 1.165) is 17.8 Å². The molecular formula is C29H25ClF3N5O5S. The van der Waals surface area contributed by atoms with Crippen molar-refractivity contribution < 1.29 is 36.2 Å². The summed E-state index contributed by atoms with van der Waals surface area (Å²) in [6.45, 7) is 2.17. The van der Waals surface area contributed by atoms with Crippen LogP contribution in [0.15, 0.2) is 77.8 Å². The number of aromatic nitrogens is 2. The summed E-state index contributed by atoms with van der Waals surface area (Å²) in [5, 5.41) is 8.73. The number of piperazine rings is 1. The van der Waals surface area contributed by atoms with Crippen LogP contribution < -0.4 is 19.3 Å². The maximum absolute atomic E-state index is 13.9. The summed E-state index contributed by atoms with van der Waals surface area (Å²) in [5.74, 6) is -0.726. The third-order valence-corrected chi connectivity index (χ3v) is 8.52. The van der Waals surface area contributed by atoms with Crippen LogP contribution in [-0.4, -0.2) is 62.8 Å². The molecule has 44 heavy (non-hydrogen) atoms. The lowest BCUT2D eigenvalue weighted by Gasteiger charge is -2.36. The van der Waals surface area contributed by atoms with Gasteiger partial charge in [-0.15, -0.1) is 0 Å². The van der Waals surface area contributed by atoms with E-state index >= 15 is 0 Å². The molecule has 1 fully saturated rings. The standard InChI is InChI=1S/C29H25ClF3N5O5S/c1-43-20-9-11-23(30)21(17-20)27-22(29(31,32)33)10-12-24(34-27)36-44(41,42)26-4-2-3-25(35-26)38-15-13-37(14-16-38)19-7-5-18(6-8-19)28(39)40/h2-12,17H,13-16H2,1H3,(H,34,36)(H,39,40). The number of nitrogens with one attached hydrogen (secondary N) is 1. The topological polar surface area (TPSA) is 125 Å². The zero-order valence-corrected chi connectivity index (χ0v) is 24.6. The number of ether oxygens (including phenoxy) is 1. The van der Waals surface area contributed by atoms with Crippen LogP contribution >= 0.6 is 11.6 Å². The Hall–Kier alpha value is -4.56. The molecule has 3 heterocycles. The third kappa shape index (κ3) is 6.65. The lowest BCUT2D eigenvalue weighted by Crippen LogP contribution is -2.46. The summed E-state index contributed by atoms with van der Waals surface area (Å²) in [6.07, 6.45) is -4.80. The molecule has 5 rings (SSSR count). The molecule has 0 radical (unpaired) electrons. The minimum Gasteiger partial charge on any atom is -0.497 e. The first-order chi connectivity index (χ1) is 20.9. The highest BCUT2D eigenvalue weighted by Crippen LogP contribution is 2.40. The van der Waals surface area contributed by atoms with Crippen LogP contribution in [-0.2, 0) is 16.2 Å². The minimum absolute atomic E-state index is 0.0319. The van der Waals surface area contributed by atoms with E-state index in [0.29, 0.717) is 32.0 Å². The summed E-state index contributed by atoms with van der Waals surface area (Å²) in [5.41, 5.74) is -0.709. The number of carboxylic acid groups (broad SMARTS) is 1. The number of nitrogens with zero attached hydrogens (tertiary/aromatic N) is 4. The normalized spacial score (nSPS) is 13.9. The van der Waals surface area contributed by atoms with Gasteiger partial charge in [0.1, 0.15) is 17.4 Å². The van der Waals surface area contributed by atoms with Gasteiger partial charge in [-0.05, 0) is 66.7 Å². The molecule has 1 saturated heterocycles. The molecule has 2 aromatic heterocycles. The minimum atomic E-state index is -4.80. The number of hydrogen-bond acceptors (Lipinski definition) is 8. The van der Waals surface area contributed by atoms with Crippen molar-refractivity contribution in [3.05, 3.63) is 88.9 Å². The van der Waals surface area contributed by atoms with Crippen LogP contribution in [0, 0.1) is 0 Å². The molecule has 0 amide bonds. The zero-order chi connectivity index (χ0) is 31.6. The van der Waals surface area contributed by atoms with Crippen LogP contribution in [0.4, 0.5) is 30.5 Å². The molecule has 1 aliphatic rings. The molecule has 0 aliphatic carbocycles. The van der Waals surface area contributed by atoms with Gasteiger partial charge in [-0.25, -0.2) is 14.8 Å². The van der Waals surface area contributed by atoms with Gasteiger partial charge in [0.15, 0.2) is 5.03 Å². The van der Waals surface area contributed by atoms with Crippen molar-refractivity contribution in [2.45, 2.75) is 11.2 Å². The molecule has 0 unspecified atom stereocenters. The highest BCUT2D eigenvalue weighted by atomic mass is 35.5. The molecule has 2 aromatic carbocycles. The Morgan fingerprint density at radius 2 is 1.64 bits per heavy atom. The van der Waals surface area contributed by atoms with Gasteiger partial charge in [0.25, 0.3) is 10.0 Å². The van der Waals surface area contributed by atoms with Gasteiger partial charge in [-0.1, -0.05) is 17.7 Å². The predicted octanol–water partition coefficient (Wildman–Crippen LogP) is 5.65. The zero-order valence-electron chi connectivity index (χ0n) is 23.0. The van der Waals surface area contributed by atoms with E-state index < -0.39 is 33.4 Å². The molecule has 0 saturated carbocycles. The summed E-state index contributed by atoms with van der Waals surface area (Å²) in [6, 6.07) is 16.8. The number of pyridine rings is 2. The predicted molar refractivity (Wildman–Crippen MR) is 159 cm³/mol. The molecule has 10 nitrogen and oxygen atoms in total. The SMILES string of the molecule is COc1ccc(Cl)c(-c2nc(NS(=O)(=O)c3cccc(N4CCN(c5ccc(C(=O)O)cc5)CC4)n3)ccc2C(F)(F)F)c1. The lowest BCUT2D eigenvalue weighted by molar-refractivity contribution is -0.137. The number of carbonyl (C=O) groups is 1. The number of anilines is 3. The van der Waals surface area contributed by atoms with Crippen LogP contribution in [0.25, 0.3) is 11.3 Å². The van der Waals surface area contributed by atoms with E-state index in [9.17, 15) is 26.4 Å². The van der Waals surface area contributed by atoms with Crippen LogP contribution in [0.5, 0.6) is 5.75 Å². The van der Waals surface area contributed by atoms with Crippen molar-refractivity contribution in [2.24, 2.45) is 0 Å². The first kappa shape index (κ1) is 30.9. The van der Waals surface area contributed by atoms with Crippen LogP contribution in [0.3, 0.4) is 0 Å². The fraction of sp³-hybridized carbons (Fsp3) is 0.207. The number of halogens is 4. The average molecular weight is 648 g/mol. The molecule has 230 valence electrons. The van der Waals surface area contributed by atoms with E-state index in [-0.39, 0.29) is 32.7 Å². The van der Waals surface area contributed by atoms with Gasteiger partial charge < -0.3 is 19.6 Å². The van der Waals surface area contributed by atoms with Gasteiger partial charge in [-0.2, -0.15) is 21.6 Å². The highest BCUT2D eigenvalue weighted by Gasteiger charge is 2.36. The second-order valence-corrected chi connectivity index (χ2v) is 11.7. The smallest absolute Gasteiger partial charge is 0.418 e. The summed E-state index contributed by atoms with van der Waals surface area (Å²) >= 11 is 6.20. The fourth-order valence-electron chi connectivity index (χ4n) is 4.69. The molecule has 0 bridgehead atoms. The van der Waals surface area contributed by atoms with Crippen molar-refractivity contribution in [3.8, 4) is 17.0 Å². The number of rotatable bonds is 8. The van der Waals surface area contributed by atoms with Crippen molar-refractivity contribution in [1.82, 2.24) is 9.97 Å². The first-order valence-electron chi connectivity index (χ1n) is 13.1. The maximum atomic E-state index is 13.9. The fourth-order valence-corrected chi connectivity index (χ4v) is 5.86. The summed E-state index contributed by atoms with van der Waals surface area (Å²) < 4.78 is 75.6. The molecule has 1 aliphatic heterocycles. The van der Waals surface area contributed by atoms with Crippen molar-refractivity contribution >= 4 is 44.9 Å². The number of carboxylic acids is 1. The molecule has 2 N–H and O–H groups in total. The molecular weight excluding hydrogens is 623 g/mol. The summed E-state index contributed by atoms with van der Waals surface area (Å²) in [4.78, 5) is 23.4. The Bertz CT molecular complexity index is 1800.